The van der Waals surface area contributed by atoms with E-state index in [9.17, 15) is 12.8 Å². The molecule has 2 aromatic carbocycles. The average molecular weight is 309 g/mol. The van der Waals surface area contributed by atoms with Gasteiger partial charge in [-0.2, -0.15) is 0 Å². The quantitative estimate of drug-likeness (QED) is 0.944. The Bertz CT molecular complexity index is 755. The first-order chi connectivity index (χ1) is 9.77. The molecule has 0 aromatic heterocycles. The summed E-state index contributed by atoms with van der Waals surface area (Å²) in [7, 11) is -3.74. The zero-order valence-electron chi connectivity index (χ0n) is 11.8. The summed E-state index contributed by atoms with van der Waals surface area (Å²) in [5, 5.41) is 5.15. The molecule has 0 bridgehead atoms. The van der Waals surface area contributed by atoms with Gasteiger partial charge in [-0.3, -0.25) is 0 Å². The summed E-state index contributed by atoms with van der Waals surface area (Å²) in [5.74, 6) is 0.271. The molecule has 2 N–H and O–H groups in total. The molecular formula is C15H16FNO3S. The highest BCUT2D eigenvalue weighted by molar-refractivity contribution is 7.89. The van der Waals surface area contributed by atoms with Gasteiger partial charge in [0.05, 0.1) is 4.90 Å². The normalized spacial score (nSPS) is 11.4. The number of benzene rings is 2. The Morgan fingerprint density at radius 2 is 1.71 bits per heavy atom. The van der Waals surface area contributed by atoms with Crippen molar-refractivity contribution < 1.29 is 17.5 Å². The second-order valence-corrected chi connectivity index (χ2v) is 6.37. The monoisotopic (exact) mass is 309 g/mol. The summed E-state index contributed by atoms with van der Waals surface area (Å²) in [6, 6.07) is 9.12. The van der Waals surface area contributed by atoms with E-state index >= 15 is 0 Å². The van der Waals surface area contributed by atoms with Crippen LogP contribution in [0.2, 0.25) is 0 Å². The fourth-order valence-electron chi connectivity index (χ4n) is 1.97. The van der Waals surface area contributed by atoms with E-state index in [0.717, 1.165) is 5.56 Å². The van der Waals surface area contributed by atoms with Crippen molar-refractivity contribution in [2.24, 2.45) is 5.14 Å². The van der Waals surface area contributed by atoms with E-state index in [1.807, 2.05) is 0 Å². The van der Waals surface area contributed by atoms with Crippen molar-refractivity contribution in [3.63, 3.8) is 0 Å². The van der Waals surface area contributed by atoms with Gasteiger partial charge in [-0.05, 0) is 54.8 Å². The van der Waals surface area contributed by atoms with Crippen LogP contribution in [0.3, 0.4) is 0 Å². The molecule has 0 amide bonds. The average Bonchev–Trinajstić information content (AvgIpc) is 2.40. The van der Waals surface area contributed by atoms with E-state index in [1.165, 1.54) is 18.2 Å². The van der Waals surface area contributed by atoms with Crippen LogP contribution in [0.4, 0.5) is 4.39 Å². The van der Waals surface area contributed by atoms with E-state index in [1.54, 1.807) is 32.0 Å². The molecule has 0 unspecified atom stereocenters. The van der Waals surface area contributed by atoms with E-state index in [0.29, 0.717) is 16.9 Å². The van der Waals surface area contributed by atoms with Crippen molar-refractivity contribution in [3.05, 3.63) is 58.9 Å². The predicted octanol–water partition coefficient (Wildman–Crippen LogP) is 2.67. The first-order valence-electron chi connectivity index (χ1n) is 6.28. The Morgan fingerprint density at radius 3 is 2.29 bits per heavy atom. The topological polar surface area (TPSA) is 69.4 Å². The number of ether oxygens (including phenoxy) is 1. The van der Waals surface area contributed by atoms with Gasteiger partial charge >= 0.3 is 0 Å². The molecule has 0 aliphatic heterocycles. The lowest BCUT2D eigenvalue weighted by atomic mass is 10.1. The molecule has 2 rings (SSSR count). The third-order valence-corrected chi connectivity index (χ3v) is 4.14. The zero-order chi connectivity index (χ0) is 15.6. The SMILES string of the molecule is Cc1cc(S(N)(=O)=O)c(C)cc1OCc1ccc(F)cc1. The largest absolute Gasteiger partial charge is 0.489 e. The molecule has 0 spiro atoms. The van der Waals surface area contributed by atoms with Gasteiger partial charge in [-0.25, -0.2) is 17.9 Å². The lowest BCUT2D eigenvalue weighted by Crippen LogP contribution is -2.14. The summed E-state index contributed by atoms with van der Waals surface area (Å²) in [6.45, 7) is 3.67. The van der Waals surface area contributed by atoms with Crippen molar-refractivity contribution in [2.45, 2.75) is 25.3 Å². The maximum atomic E-state index is 12.8. The van der Waals surface area contributed by atoms with Crippen LogP contribution < -0.4 is 9.88 Å². The van der Waals surface area contributed by atoms with Crippen LogP contribution in [0, 0.1) is 19.7 Å². The summed E-state index contributed by atoms with van der Waals surface area (Å²) >= 11 is 0. The molecule has 112 valence electrons. The van der Waals surface area contributed by atoms with Crippen LogP contribution in [0.15, 0.2) is 41.3 Å². The molecule has 0 atom stereocenters. The molecule has 0 aliphatic carbocycles. The fraction of sp³-hybridized carbons (Fsp3) is 0.200. The summed E-state index contributed by atoms with van der Waals surface area (Å²) in [5.41, 5.74) is 2.02. The van der Waals surface area contributed by atoms with Crippen LogP contribution in [-0.4, -0.2) is 8.42 Å². The number of nitrogens with two attached hydrogens (primary N) is 1. The minimum Gasteiger partial charge on any atom is -0.489 e. The minimum atomic E-state index is -3.74. The summed E-state index contributed by atoms with van der Waals surface area (Å²) in [6.07, 6.45) is 0. The number of sulfonamides is 1. The zero-order valence-corrected chi connectivity index (χ0v) is 12.6. The number of hydrogen-bond acceptors (Lipinski definition) is 3. The molecule has 0 fully saturated rings. The van der Waals surface area contributed by atoms with Gasteiger partial charge < -0.3 is 4.74 Å². The Hall–Kier alpha value is -1.92. The Morgan fingerprint density at radius 1 is 1.10 bits per heavy atom. The molecule has 0 radical (unpaired) electrons. The smallest absolute Gasteiger partial charge is 0.238 e. The molecule has 2 aromatic rings. The highest BCUT2D eigenvalue weighted by atomic mass is 32.2. The van der Waals surface area contributed by atoms with E-state index < -0.39 is 10.0 Å². The second-order valence-electron chi connectivity index (χ2n) is 4.84. The van der Waals surface area contributed by atoms with E-state index in [4.69, 9.17) is 9.88 Å². The second kappa shape index (κ2) is 5.83. The molecule has 4 nitrogen and oxygen atoms in total. The number of halogens is 1. The van der Waals surface area contributed by atoms with Gasteiger partial charge in [0.2, 0.25) is 10.0 Å². The predicted molar refractivity (Wildman–Crippen MR) is 78.0 cm³/mol. The van der Waals surface area contributed by atoms with Crippen LogP contribution in [0.5, 0.6) is 5.75 Å². The Labute approximate surface area is 123 Å². The van der Waals surface area contributed by atoms with Gasteiger partial charge in [0, 0.05) is 0 Å². The van der Waals surface area contributed by atoms with Crippen molar-refractivity contribution in [2.75, 3.05) is 0 Å². The number of hydrogen-bond donors (Lipinski definition) is 1. The van der Waals surface area contributed by atoms with Crippen molar-refractivity contribution in [1.29, 1.82) is 0 Å². The molecule has 0 saturated carbocycles. The van der Waals surface area contributed by atoms with Gasteiger partial charge in [0.15, 0.2) is 0 Å². The molecule has 6 heteroatoms. The van der Waals surface area contributed by atoms with E-state index in [2.05, 4.69) is 0 Å². The van der Waals surface area contributed by atoms with Crippen LogP contribution in [0.1, 0.15) is 16.7 Å². The van der Waals surface area contributed by atoms with Crippen molar-refractivity contribution in [1.82, 2.24) is 0 Å². The van der Waals surface area contributed by atoms with Gasteiger partial charge in [-0.15, -0.1) is 0 Å². The Balaban J connectivity index is 2.21. The van der Waals surface area contributed by atoms with Gasteiger partial charge in [-0.1, -0.05) is 12.1 Å². The third-order valence-electron chi connectivity index (χ3n) is 3.09. The number of aryl methyl sites for hydroxylation is 2. The maximum Gasteiger partial charge on any atom is 0.238 e. The molecular weight excluding hydrogens is 293 g/mol. The maximum absolute atomic E-state index is 12.8. The van der Waals surface area contributed by atoms with E-state index in [-0.39, 0.29) is 17.3 Å². The lowest BCUT2D eigenvalue weighted by molar-refractivity contribution is 0.303. The molecule has 0 heterocycles. The molecule has 0 saturated heterocycles. The first-order valence-corrected chi connectivity index (χ1v) is 7.83. The number of rotatable bonds is 4. The number of primary sulfonamides is 1. The van der Waals surface area contributed by atoms with Gasteiger partial charge in [0.1, 0.15) is 18.2 Å². The van der Waals surface area contributed by atoms with Crippen molar-refractivity contribution >= 4 is 10.0 Å². The first kappa shape index (κ1) is 15.5. The fourth-order valence-corrected chi connectivity index (χ4v) is 2.82. The van der Waals surface area contributed by atoms with Crippen LogP contribution in [-0.2, 0) is 16.6 Å². The molecule has 21 heavy (non-hydrogen) atoms. The Kier molecular flexibility index (Phi) is 4.29. The molecule has 0 aliphatic rings. The standard InChI is InChI=1S/C15H16FNO3S/c1-10-8-15(21(17,18)19)11(2)7-14(10)20-9-12-3-5-13(16)6-4-12/h3-8H,9H2,1-2H3,(H2,17,18,19). The third kappa shape index (κ3) is 3.80. The lowest BCUT2D eigenvalue weighted by Gasteiger charge is -2.12. The minimum absolute atomic E-state index is 0.0918. The van der Waals surface area contributed by atoms with Crippen LogP contribution in [0.25, 0.3) is 0 Å². The summed E-state index contributed by atoms with van der Waals surface area (Å²) < 4.78 is 41.3. The highest BCUT2D eigenvalue weighted by Crippen LogP contribution is 2.26. The van der Waals surface area contributed by atoms with Gasteiger partial charge in [0.25, 0.3) is 0 Å². The van der Waals surface area contributed by atoms with Crippen molar-refractivity contribution in [3.8, 4) is 5.75 Å². The highest BCUT2D eigenvalue weighted by Gasteiger charge is 2.14. The summed E-state index contributed by atoms with van der Waals surface area (Å²) in [4.78, 5) is 0.0918. The van der Waals surface area contributed by atoms with Crippen LogP contribution >= 0.6 is 0 Å².